The van der Waals surface area contributed by atoms with Gasteiger partial charge in [-0.05, 0) is 74.8 Å². The Bertz CT molecular complexity index is 3200. The molecule has 10 aromatic rings. The molecular weight excluding hydrogens is 743 g/mol. The molecule has 0 bridgehead atoms. The first kappa shape index (κ1) is 37.0. The highest BCUT2D eigenvalue weighted by Crippen LogP contribution is 2.36. The summed E-state index contributed by atoms with van der Waals surface area (Å²) in [6.07, 6.45) is 5.80. The lowest BCUT2D eigenvalue weighted by molar-refractivity contribution is 1.07. The van der Waals surface area contributed by atoms with E-state index in [0.29, 0.717) is 17.5 Å². The van der Waals surface area contributed by atoms with Gasteiger partial charge in [-0.3, -0.25) is 4.40 Å². The molecule has 0 N–H and O–H groups in total. The average Bonchev–Trinajstić information content (AvgIpc) is 3.74. The number of aromatic nitrogens is 5. The molecule has 0 saturated carbocycles. The third-order valence-corrected chi connectivity index (χ3v) is 11.1. The Morgan fingerprint density at radius 3 is 1.39 bits per heavy atom. The highest BCUT2D eigenvalue weighted by molar-refractivity contribution is 5.85. The van der Waals surface area contributed by atoms with Crippen molar-refractivity contribution in [1.29, 1.82) is 0 Å². The van der Waals surface area contributed by atoms with Crippen LogP contribution in [0.3, 0.4) is 0 Å². The van der Waals surface area contributed by atoms with Crippen LogP contribution in [0.5, 0.6) is 0 Å². The molecule has 5 nitrogen and oxygen atoms in total. The van der Waals surface area contributed by atoms with Crippen molar-refractivity contribution in [1.82, 2.24) is 24.3 Å². The van der Waals surface area contributed by atoms with Crippen LogP contribution in [0.2, 0.25) is 0 Å². The summed E-state index contributed by atoms with van der Waals surface area (Å²) in [4.78, 5) is 20.4. The normalized spacial score (nSPS) is 11.1. The molecule has 0 amide bonds. The molecule has 0 saturated heterocycles. The standard InChI is InChI=1S/C56H39N5/c1-3-38-24-33-48(35-39(38)4-2)42-27-31-45(32-28-42)55-58-54(44-29-25-41(26-30-44)40-15-7-5-8-16-40)59-56(60-55)50-22-14-20-47(37-50)46-19-13-21-49(36-46)53-52(43-17-9-6-10-18-43)57-51-23-11-12-34-61(51)53/h3-37H,1-2H2. The third-order valence-electron chi connectivity index (χ3n) is 11.1. The summed E-state index contributed by atoms with van der Waals surface area (Å²) in [5.74, 6) is 1.80. The smallest absolute Gasteiger partial charge is 0.164 e. The van der Waals surface area contributed by atoms with E-state index in [1.165, 1.54) is 0 Å². The minimum absolute atomic E-state index is 0.595. The first-order chi connectivity index (χ1) is 30.1. The van der Waals surface area contributed by atoms with Crippen molar-refractivity contribution in [2.24, 2.45) is 0 Å². The van der Waals surface area contributed by atoms with Gasteiger partial charge >= 0.3 is 0 Å². The molecule has 7 aromatic carbocycles. The van der Waals surface area contributed by atoms with Crippen molar-refractivity contribution < 1.29 is 0 Å². The monoisotopic (exact) mass is 781 g/mol. The first-order valence-corrected chi connectivity index (χ1v) is 20.3. The minimum Gasteiger partial charge on any atom is -0.299 e. The summed E-state index contributed by atoms with van der Waals surface area (Å²) in [5.41, 5.74) is 16.4. The lowest BCUT2D eigenvalue weighted by Gasteiger charge is -2.12. The second-order valence-electron chi connectivity index (χ2n) is 14.8. The van der Waals surface area contributed by atoms with Crippen molar-refractivity contribution in [2.75, 3.05) is 0 Å². The number of rotatable bonds is 10. The second kappa shape index (κ2) is 16.2. The molecule has 0 atom stereocenters. The quantitative estimate of drug-likeness (QED) is 0.139. The highest BCUT2D eigenvalue weighted by atomic mass is 15.0. The Morgan fingerprint density at radius 1 is 0.328 bits per heavy atom. The maximum Gasteiger partial charge on any atom is 0.164 e. The summed E-state index contributed by atoms with van der Waals surface area (Å²) in [6.45, 7) is 7.95. The Balaban J connectivity index is 1.05. The van der Waals surface area contributed by atoms with Gasteiger partial charge in [-0.15, -0.1) is 0 Å². The third kappa shape index (κ3) is 7.37. The van der Waals surface area contributed by atoms with E-state index < -0.39 is 0 Å². The zero-order valence-corrected chi connectivity index (χ0v) is 33.4. The predicted octanol–water partition coefficient (Wildman–Crippen LogP) is 14.1. The molecule has 10 rings (SSSR count). The van der Waals surface area contributed by atoms with E-state index in [-0.39, 0.29) is 0 Å². The SMILES string of the molecule is C=Cc1ccc(-c2ccc(-c3nc(-c4ccc(-c5ccccc5)cc4)nc(-c4cccc(-c5cccc(-c6c(-c7ccccc7)nc7ccccn67)c5)c4)n3)cc2)cc1C=C. The lowest BCUT2D eigenvalue weighted by atomic mass is 9.98. The van der Waals surface area contributed by atoms with Gasteiger partial charge in [-0.1, -0.05) is 189 Å². The van der Waals surface area contributed by atoms with Crippen molar-refractivity contribution in [3.05, 3.63) is 225 Å². The van der Waals surface area contributed by atoms with Crippen LogP contribution >= 0.6 is 0 Å². The van der Waals surface area contributed by atoms with Crippen molar-refractivity contribution in [3.8, 4) is 90.1 Å². The number of hydrogen-bond donors (Lipinski definition) is 0. The molecule has 0 fully saturated rings. The van der Waals surface area contributed by atoms with Gasteiger partial charge in [0.05, 0.1) is 11.4 Å². The van der Waals surface area contributed by atoms with E-state index in [1.54, 1.807) is 0 Å². The Morgan fingerprint density at radius 2 is 0.770 bits per heavy atom. The van der Waals surface area contributed by atoms with Crippen LogP contribution in [-0.2, 0) is 0 Å². The molecule has 0 aliphatic heterocycles. The maximum atomic E-state index is 5.13. The fourth-order valence-electron chi connectivity index (χ4n) is 7.89. The van der Waals surface area contributed by atoms with E-state index >= 15 is 0 Å². The first-order valence-electron chi connectivity index (χ1n) is 20.3. The van der Waals surface area contributed by atoms with E-state index in [1.807, 2.05) is 42.5 Å². The molecule has 288 valence electrons. The number of benzene rings is 7. The maximum absolute atomic E-state index is 5.13. The summed E-state index contributed by atoms with van der Waals surface area (Å²) in [5, 5.41) is 0. The summed E-state index contributed by atoms with van der Waals surface area (Å²) in [7, 11) is 0. The topological polar surface area (TPSA) is 56.0 Å². The van der Waals surface area contributed by atoms with Crippen LogP contribution in [0, 0.1) is 0 Å². The molecule has 0 spiro atoms. The van der Waals surface area contributed by atoms with Gasteiger partial charge in [0.1, 0.15) is 5.65 Å². The largest absolute Gasteiger partial charge is 0.299 e. The van der Waals surface area contributed by atoms with Gasteiger partial charge in [0, 0.05) is 34.0 Å². The zero-order chi connectivity index (χ0) is 41.1. The van der Waals surface area contributed by atoms with Crippen LogP contribution in [0.15, 0.2) is 213 Å². The van der Waals surface area contributed by atoms with E-state index in [4.69, 9.17) is 19.9 Å². The van der Waals surface area contributed by atoms with Crippen LogP contribution < -0.4 is 0 Å². The molecule has 61 heavy (non-hydrogen) atoms. The molecule has 0 aliphatic carbocycles. The van der Waals surface area contributed by atoms with Gasteiger partial charge < -0.3 is 0 Å². The number of fused-ring (bicyclic) bond motifs is 1. The molecule has 0 radical (unpaired) electrons. The van der Waals surface area contributed by atoms with E-state index in [2.05, 4.69) is 188 Å². The fourth-order valence-corrected chi connectivity index (χ4v) is 7.89. The van der Waals surface area contributed by atoms with E-state index in [9.17, 15) is 0 Å². The van der Waals surface area contributed by atoms with Crippen LogP contribution in [0.25, 0.3) is 108 Å². The summed E-state index contributed by atoms with van der Waals surface area (Å²) in [6, 6.07) is 67.1. The Hall–Kier alpha value is -8.28. The molecule has 0 aliphatic rings. The van der Waals surface area contributed by atoms with Gasteiger partial charge in [0.15, 0.2) is 17.5 Å². The number of imidazole rings is 1. The van der Waals surface area contributed by atoms with Gasteiger partial charge in [-0.2, -0.15) is 0 Å². The van der Waals surface area contributed by atoms with Crippen LogP contribution in [0.4, 0.5) is 0 Å². The Kier molecular flexibility index (Phi) is 9.81. The van der Waals surface area contributed by atoms with Gasteiger partial charge in [-0.25, -0.2) is 19.9 Å². The van der Waals surface area contributed by atoms with Gasteiger partial charge in [0.25, 0.3) is 0 Å². The summed E-state index contributed by atoms with van der Waals surface area (Å²) >= 11 is 0. The van der Waals surface area contributed by atoms with Crippen molar-refractivity contribution >= 4 is 17.8 Å². The number of hydrogen-bond acceptors (Lipinski definition) is 4. The molecule has 5 heteroatoms. The molecule has 3 heterocycles. The highest BCUT2D eigenvalue weighted by Gasteiger charge is 2.18. The van der Waals surface area contributed by atoms with Gasteiger partial charge in [0.2, 0.25) is 0 Å². The van der Waals surface area contributed by atoms with Crippen LogP contribution in [-0.4, -0.2) is 24.3 Å². The van der Waals surface area contributed by atoms with Crippen LogP contribution in [0.1, 0.15) is 11.1 Å². The number of pyridine rings is 1. The van der Waals surface area contributed by atoms with E-state index in [0.717, 1.165) is 89.4 Å². The Labute approximate surface area is 355 Å². The molecule has 0 unspecified atom stereocenters. The minimum atomic E-state index is 0.595. The lowest BCUT2D eigenvalue weighted by Crippen LogP contribution is -2.00. The predicted molar refractivity (Wildman–Crippen MR) is 252 cm³/mol. The molecular formula is C56H39N5. The molecule has 3 aromatic heterocycles. The fraction of sp³-hybridized carbons (Fsp3) is 0. The number of nitrogens with zero attached hydrogens (tertiary/aromatic N) is 5. The van der Waals surface area contributed by atoms with Crippen molar-refractivity contribution in [2.45, 2.75) is 0 Å². The second-order valence-corrected chi connectivity index (χ2v) is 14.8. The summed E-state index contributed by atoms with van der Waals surface area (Å²) < 4.78 is 2.17. The average molecular weight is 782 g/mol. The zero-order valence-electron chi connectivity index (χ0n) is 33.4. The van der Waals surface area contributed by atoms with Crippen molar-refractivity contribution in [3.63, 3.8) is 0 Å².